The van der Waals surface area contributed by atoms with Crippen LogP contribution in [0.15, 0.2) is 36.7 Å². The quantitative estimate of drug-likeness (QED) is 0.578. The maximum Gasteiger partial charge on any atom is 0.310 e. The van der Waals surface area contributed by atoms with Gasteiger partial charge in [-0.1, -0.05) is 43.9 Å². The normalized spacial score (nSPS) is 13.0. The Bertz CT molecular complexity index is 674. The van der Waals surface area contributed by atoms with Gasteiger partial charge in [0.25, 0.3) is 0 Å². The van der Waals surface area contributed by atoms with Crippen molar-refractivity contribution in [1.82, 2.24) is 9.78 Å². The summed E-state index contributed by atoms with van der Waals surface area (Å²) in [5.74, 6) is -1.31. The molecule has 0 saturated carbocycles. The van der Waals surface area contributed by atoms with Gasteiger partial charge in [-0.15, -0.1) is 0 Å². The maximum atomic E-state index is 11.0. The van der Waals surface area contributed by atoms with Crippen molar-refractivity contribution < 1.29 is 14.6 Å². The largest absolute Gasteiger partial charge is 0.481 e. The van der Waals surface area contributed by atoms with Crippen LogP contribution in [0.5, 0.6) is 0 Å². The molecule has 24 heavy (non-hydrogen) atoms. The summed E-state index contributed by atoms with van der Waals surface area (Å²) in [5.41, 5.74) is 2.82. The van der Waals surface area contributed by atoms with Gasteiger partial charge in [0.1, 0.15) is 6.73 Å². The van der Waals surface area contributed by atoms with Crippen molar-refractivity contribution in [3.8, 4) is 11.1 Å². The first-order valence-corrected chi connectivity index (χ1v) is 11.9. The Hall–Kier alpha value is -1.92. The van der Waals surface area contributed by atoms with E-state index in [4.69, 9.17) is 9.84 Å². The Morgan fingerprint density at radius 1 is 1.25 bits per heavy atom. The Morgan fingerprint density at radius 2 is 1.92 bits per heavy atom. The van der Waals surface area contributed by atoms with E-state index >= 15 is 0 Å². The lowest BCUT2D eigenvalue weighted by molar-refractivity contribution is -0.138. The Labute approximate surface area is 144 Å². The van der Waals surface area contributed by atoms with Crippen LogP contribution >= 0.6 is 0 Å². The zero-order valence-corrected chi connectivity index (χ0v) is 15.8. The molecular weight excluding hydrogens is 320 g/mol. The van der Waals surface area contributed by atoms with E-state index in [0.29, 0.717) is 6.73 Å². The summed E-state index contributed by atoms with van der Waals surface area (Å²) < 4.78 is 7.48. The summed E-state index contributed by atoms with van der Waals surface area (Å²) in [5, 5.41) is 13.4. The van der Waals surface area contributed by atoms with Crippen LogP contribution in [0.1, 0.15) is 18.4 Å². The molecule has 1 atom stereocenters. The summed E-state index contributed by atoms with van der Waals surface area (Å²) in [7, 11) is -1.06. The molecule has 0 fully saturated rings. The van der Waals surface area contributed by atoms with Crippen molar-refractivity contribution in [2.24, 2.45) is 0 Å². The molecule has 1 aromatic carbocycles. The number of rotatable bonds is 8. The van der Waals surface area contributed by atoms with Gasteiger partial charge in [0.15, 0.2) is 0 Å². The summed E-state index contributed by atoms with van der Waals surface area (Å²) in [6, 6.07) is 8.72. The molecule has 2 aromatic rings. The molecule has 1 aromatic heterocycles. The number of carboxylic acids is 1. The van der Waals surface area contributed by atoms with E-state index in [1.165, 1.54) is 0 Å². The molecule has 1 unspecified atom stereocenters. The predicted molar refractivity (Wildman–Crippen MR) is 97.8 cm³/mol. The summed E-state index contributed by atoms with van der Waals surface area (Å²) in [4.78, 5) is 11.0. The lowest BCUT2D eigenvalue weighted by Gasteiger charge is -2.15. The van der Waals surface area contributed by atoms with Crippen LogP contribution in [0, 0.1) is 0 Å². The Kier molecular flexibility index (Phi) is 5.96. The Balaban J connectivity index is 1.94. The number of benzene rings is 1. The van der Waals surface area contributed by atoms with Gasteiger partial charge >= 0.3 is 5.97 Å². The fourth-order valence-electron chi connectivity index (χ4n) is 2.23. The summed E-state index contributed by atoms with van der Waals surface area (Å²) in [6.07, 6.45) is 3.75. The van der Waals surface area contributed by atoms with Crippen LogP contribution in [-0.4, -0.2) is 35.5 Å². The minimum atomic E-state index is -1.06. The minimum absolute atomic E-state index is 0.457. The lowest BCUT2D eigenvalue weighted by atomic mass is 9.99. The van der Waals surface area contributed by atoms with Crippen molar-refractivity contribution >= 4 is 14.0 Å². The van der Waals surface area contributed by atoms with Crippen LogP contribution in [0.4, 0.5) is 0 Å². The van der Waals surface area contributed by atoms with Crippen molar-refractivity contribution in [2.45, 2.75) is 45.3 Å². The average Bonchev–Trinajstić information content (AvgIpc) is 2.99. The van der Waals surface area contributed by atoms with E-state index in [1.54, 1.807) is 17.8 Å². The van der Waals surface area contributed by atoms with Crippen LogP contribution in [-0.2, 0) is 16.3 Å². The van der Waals surface area contributed by atoms with Crippen molar-refractivity contribution in [2.75, 3.05) is 6.61 Å². The summed E-state index contributed by atoms with van der Waals surface area (Å²) in [6.45, 7) is 9.91. The van der Waals surface area contributed by atoms with E-state index < -0.39 is 20.0 Å². The topological polar surface area (TPSA) is 64.3 Å². The van der Waals surface area contributed by atoms with E-state index in [9.17, 15) is 4.79 Å². The number of nitrogens with zero attached hydrogens (tertiary/aromatic N) is 2. The number of aliphatic carboxylic acids is 1. The molecule has 0 radical (unpaired) electrons. The van der Waals surface area contributed by atoms with Gasteiger partial charge in [-0.25, -0.2) is 4.68 Å². The van der Waals surface area contributed by atoms with Crippen molar-refractivity contribution in [3.05, 3.63) is 42.2 Å². The van der Waals surface area contributed by atoms with E-state index in [1.807, 2.05) is 30.5 Å². The highest BCUT2D eigenvalue weighted by Gasteiger charge is 2.14. The molecule has 2 rings (SSSR count). The van der Waals surface area contributed by atoms with Gasteiger partial charge in [-0.2, -0.15) is 5.10 Å². The minimum Gasteiger partial charge on any atom is -0.481 e. The highest BCUT2D eigenvalue weighted by Crippen LogP contribution is 2.22. The molecule has 6 heteroatoms. The molecular formula is C18H26N2O3Si. The molecule has 1 N–H and O–H groups in total. The smallest absolute Gasteiger partial charge is 0.310 e. The number of carbonyl (C=O) groups is 1. The first-order chi connectivity index (χ1) is 11.3. The van der Waals surface area contributed by atoms with Gasteiger partial charge in [0.2, 0.25) is 0 Å². The highest BCUT2D eigenvalue weighted by atomic mass is 28.3. The molecule has 0 saturated heterocycles. The third-order valence-electron chi connectivity index (χ3n) is 3.97. The molecule has 0 aliphatic heterocycles. The fourth-order valence-corrected chi connectivity index (χ4v) is 2.98. The first kappa shape index (κ1) is 18.4. The SMILES string of the molecule is CC(C(=O)O)c1ccc(-c2cnn(COCC[Si](C)(C)C)c2)cc1. The maximum absolute atomic E-state index is 11.0. The highest BCUT2D eigenvalue weighted by molar-refractivity contribution is 6.76. The van der Waals surface area contributed by atoms with Crippen LogP contribution in [0.25, 0.3) is 11.1 Å². The lowest BCUT2D eigenvalue weighted by Crippen LogP contribution is -2.22. The van der Waals surface area contributed by atoms with Gasteiger partial charge in [0, 0.05) is 26.4 Å². The zero-order valence-electron chi connectivity index (χ0n) is 14.8. The number of carboxylic acid groups (broad SMARTS) is 1. The molecule has 1 heterocycles. The third-order valence-corrected chi connectivity index (χ3v) is 5.67. The van der Waals surface area contributed by atoms with Gasteiger partial charge in [0.05, 0.1) is 12.1 Å². The van der Waals surface area contributed by atoms with Gasteiger partial charge < -0.3 is 9.84 Å². The second-order valence-electron chi connectivity index (χ2n) is 7.30. The average molecular weight is 347 g/mol. The summed E-state index contributed by atoms with van der Waals surface area (Å²) >= 11 is 0. The number of aromatic nitrogens is 2. The van der Waals surface area contributed by atoms with Crippen molar-refractivity contribution in [3.63, 3.8) is 0 Å². The molecule has 0 amide bonds. The van der Waals surface area contributed by atoms with Gasteiger partial charge in [-0.05, 0) is 24.1 Å². The predicted octanol–water partition coefficient (Wildman–Crippen LogP) is 4.05. The molecule has 0 aliphatic carbocycles. The molecule has 0 spiro atoms. The van der Waals surface area contributed by atoms with Crippen molar-refractivity contribution in [1.29, 1.82) is 0 Å². The Morgan fingerprint density at radius 3 is 2.50 bits per heavy atom. The van der Waals surface area contributed by atoms with Crippen LogP contribution in [0.2, 0.25) is 25.7 Å². The standard InChI is InChI=1S/C18H26N2O3Si/c1-14(18(21)22)15-5-7-16(8-6-15)17-11-19-20(12-17)13-23-9-10-24(2,3)4/h5-8,11-12,14H,9-10,13H2,1-4H3,(H,21,22). The molecule has 130 valence electrons. The molecule has 5 nitrogen and oxygen atoms in total. The van der Waals surface area contributed by atoms with Crippen LogP contribution < -0.4 is 0 Å². The third kappa shape index (κ3) is 5.32. The van der Waals surface area contributed by atoms with E-state index in [-0.39, 0.29) is 0 Å². The molecule has 0 aliphatic rings. The van der Waals surface area contributed by atoms with Crippen LogP contribution in [0.3, 0.4) is 0 Å². The fraction of sp³-hybridized carbons (Fsp3) is 0.444. The second-order valence-corrected chi connectivity index (χ2v) is 12.9. The monoisotopic (exact) mass is 346 g/mol. The van der Waals surface area contributed by atoms with Gasteiger partial charge in [-0.3, -0.25) is 4.79 Å². The number of ether oxygens (including phenoxy) is 1. The molecule has 0 bridgehead atoms. The first-order valence-electron chi connectivity index (χ1n) is 8.19. The zero-order chi connectivity index (χ0) is 17.7. The number of hydrogen-bond donors (Lipinski definition) is 1. The van der Waals surface area contributed by atoms with E-state index in [2.05, 4.69) is 24.7 Å². The number of hydrogen-bond acceptors (Lipinski definition) is 3. The van der Waals surface area contributed by atoms with E-state index in [0.717, 1.165) is 29.3 Å². The second kappa shape index (κ2) is 7.77.